The van der Waals surface area contributed by atoms with Gasteiger partial charge < -0.3 is 40.7 Å². The topological polar surface area (TPSA) is 143 Å². The number of rotatable bonds is 14. The first-order valence-corrected chi connectivity index (χ1v) is 18.4. The maximum atomic E-state index is 14.1. The number of aliphatic hydroxyl groups is 2. The number of carbonyl (C=O) groups is 3. The van der Waals surface area contributed by atoms with Crippen LogP contribution in [-0.2, 0) is 27.2 Å². The summed E-state index contributed by atoms with van der Waals surface area (Å²) in [6, 6.07) is 18.3. The molecule has 0 unspecified atom stereocenters. The Balaban J connectivity index is 1.29. The number of nitrogens with zero attached hydrogens (tertiary/aromatic N) is 2. The SMILES string of the molecule is Cc1cc(NCCN(C)C)cc(C)c1OCC(=O)N[C@@H](Cc1ccccc1)[C@H](O)C(=O)N1CSC(C)(C)[C@H]1C(=O)N[C@H]1c2ccccc2C[C@H]1O. The number of thioether (sulfide) groups is 1. The van der Waals surface area contributed by atoms with Crippen molar-refractivity contribution in [1.29, 1.82) is 0 Å². The molecule has 0 bridgehead atoms. The highest BCUT2D eigenvalue weighted by atomic mass is 32.2. The standard InChI is InChI=1S/C39H51N5O6S/c1-24-18-28(40-16-17-43(5)6)19-25(2)35(24)50-22-32(46)41-30(20-26-12-8-7-9-13-26)34(47)38(49)44-23-51-39(3,4)36(44)37(48)42-33-29-15-11-10-14-27(29)21-31(33)45/h7-15,18-19,30-31,33-34,36,40,45,47H,16-17,20-23H2,1-6H3,(H,41,46)(H,42,48)/t30-,31+,33-,34-,36+/m0/s1. The lowest BCUT2D eigenvalue weighted by atomic mass is 9.96. The number of aliphatic hydroxyl groups excluding tert-OH is 2. The Hall–Kier alpha value is -4.10. The molecule has 3 aromatic carbocycles. The molecule has 12 heteroatoms. The summed E-state index contributed by atoms with van der Waals surface area (Å²) in [5, 5.41) is 31.7. The third-order valence-corrected chi connectivity index (χ3v) is 10.9. The molecule has 0 radical (unpaired) electrons. The van der Waals surface area contributed by atoms with E-state index in [-0.39, 0.29) is 18.9 Å². The van der Waals surface area contributed by atoms with Crippen LogP contribution in [0.1, 0.15) is 47.7 Å². The molecule has 0 saturated carbocycles. The van der Waals surface area contributed by atoms with Crippen molar-refractivity contribution >= 4 is 35.2 Å². The van der Waals surface area contributed by atoms with E-state index < -0.39 is 52.8 Å². The summed E-state index contributed by atoms with van der Waals surface area (Å²) < 4.78 is 5.31. The van der Waals surface area contributed by atoms with Crippen LogP contribution < -0.4 is 20.7 Å². The van der Waals surface area contributed by atoms with Crippen LogP contribution >= 0.6 is 11.8 Å². The predicted molar refractivity (Wildman–Crippen MR) is 201 cm³/mol. The molecule has 5 N–H and O–H groups in total. The number of ether oxygens (including phenoxy) is 1. The second-order valence-electron chi connectivity index (χ2n) is 14.3. The molecule has 51 heavy (non-hydrogen) atoms. The van der Waals surface area contributed by atoms with Crippen LogP contribution in [-0.4, -0.2) is 106 Å². The number of carbonyl (C=O) groups excluding carboxylic acids is 3. The zero-order chi connectivity index (χ0) is 36.9. The Morgan fingerprint density at radius 1 is 1.04 bits per heavy atom. The zero-order valence-corrected chi connectivity index (χ0v) is 31.1. The summed E-state index contributed by atoms with van der Waals surface area (Å²) in [6.45, 7) is 8.98. The minimum Gasteiger partial charge on any atom is -0.483 e. The fourth-order valence-corrected chi connectivity index (χ4v) is 8.07. The van der Waals surface area contributed by atoms with E-state index in [0.717, 1.165) is 46.6 Å². The van der Waals surface area contributed by atoms with Crippen molar-refractivity contribution in [2.45, 2.75) is 75.6 Å². The molecule has 5 atom stereocenters. The van der Waals surface area contributed by atoms with E-state index in [9.17, 15) is 24.6 Å². The summed E-state index contributed by atoms with van der Waals surface area (Å²) in [7, 11) is 4.04. The monoisotopic (exact) mass is 717 g/mol. The summed E-state index contributed by atoms with van der Waals surface area (Å²) >= 11 is 1.44. The van der Waals surface area contributed by atoms with E-state index in [4.69, 9.17) is 4.74 Å². The first-order chi connectivity index (χ1) is 24.2. The first-order valence-electron chi connectivity index (χ1n) is 17.4. The van der Waals surface area contributed by atoms with E-state index in [2.05, 4.69) is 20.9 Å². The van der Waals surface area contributed by atoms with Gasteiger partial charge in [-0.2, -0.15) is 0 Å². The third kappa shape index (κ3) is 9.23. The quantitative estimate of drug-likeness (QED) is 0.170. The minimum absolute atomic E-state index is 0.178. The van der Waals surface area contributed by atoms with Crippen molar-refractivity contribution in [2.24, 2.45) is 0 Å². The van der Waals surface area contributed by atoms with Gasteiger partial charge in [0.25, 0.3) is 11.8 Å². The molecule has 3 amide bonds. The fourth-order valence-electron chi connectivity index (χ4n) is 6.93. The summed E-state index contributed by atoms with van der Waals surface area (Å²) in [4.78, 5) is 44.9. The van der Waals surface area contributed by atoms with Gasteiger partial charge in [-0.05, 0) is 88.2 Å². The largest absolute Gasteiger partial charge is 0.483 e. The van der Waals surface area contributed by atoms with Gasteiger partial charge in [0.2, 0.25) is 5.91 Å². The Morgan fingerprint density at radius 2 is 1.71 bits per heavy atom. The molecule has 1 fully saturated rings. The number of benzene rings is 3. The van der Waals surface area contributed by atoms with Crippen molar-refractivity contribution in [2.75, 3.05) is 45.0 Å². The van der Waals surface area contributed by atoms with Crippen LogP contribution in [0.15, 0.2) is 66.7 Å². The molecule has 11 nitrogen and oxygen atoms in total. The van der Waals surface area contributed by atoms with Crippen LogP contribution in [0.3, 0.4) is 0 Å². The van der Waals surface area contributed by atoms with Crippen LogP contribution in [0.2, 0.25) is 0 Å². The van der Waals surface area contributed by atoms with E-state index in [1.807, 2.05) is 109 Å². The molecule has 1 aliphatic heterocycles. The van der Waals surface area contributed by atoms with Crippen molar-refractivity contribution in [1.82, 2.24) is 20.4 Å². The molecular formula is C39H51N5O6S. The number of amides is 3. The van der Waals surface area contributed by atoms with Gasteiger partial charge in [0.05, 0.1) is 24.1 Å². The van der Waals surface area contributed by atoms with Gasteiger partial charge in [-0.15, -0.1) is 11.8 Å². The number of nitrogens with one attached hydrogen (secondary N) is 3. The number of hydrogen-bond acceptors (Lipinski definition) is 9. The van der Waals surface area contributed by atoms with Gasteiger partial charge in [0, 0.05) is 29.9 Å². The van der Waals surface area contributed by atoms with Crippen molar-refractivity contribution in [3.05, 3.63) is 94.5 Å². The Kier molecular flexibility index (Phi) is 12.3. The molecule has 3 aromatic rings. The van der Waals surface area contributed by atoms with Crippen molar-refractivity contribution < 1.29 is 29.3 Å². The van der Waals surface area contributed by atoms with Gasteiger partial charge in [0.1, 0.15) is 11.8 Å². The van der Waals surface area contributed by atoms with E-state index in [0.29, 0.717) is 12.2 Å². The molecule has 0 aromatic heterocycles. The van der Waals surface area contributed by atoms with Crippen LogP contribution in [0.25, 0.3) is 0 Å². The molecule has 2 aliphatic rings. The van der Waals surface area contributed by atoms with Crippen molar-refractivity contribution in [3.63, 3.8) is 0 Å². The Morgan fingerprint density at radius 3 is 2.39 bits per heavy atom. The van der Waals surface area contributed by atoms with Gasteiger partial charge >= 0.3 is 0 Å². The molecule has 1 saturated heterocycles. The zero-order valence-electron chi connectivity index (χ0n) is 30.3. The lowest BCUT2D eigenvalue weighted by molar-refractivity contribution is -0.148. The van der Waals surface area contributed by atoms with E-state index in [1.165, 1.54) is 16.7 Å². The van der Waals surface area contributed by atoms with E-state index >= 15 is 0 Å². The summed E-state index contributed by atoms with van der Waals surface area (Å²) in [5.41, 5.74) is 5.35. The summed E-state index contributed by atoms with van der Waals surface area (Å²) in [5.74, 6) is -0.785. The average molecular weight is 718 g/mol. The highest BCUT2D eigenvalue weighted by Gasteiger charge is 2.50. The summed E-state index contributed by atoms with van der Waals surface area (Å²) in [6.07, 6.45) is -1.83. The molecule has 274 valence electrons. The van der Waals surface area contributed by atoms with Gasteiger partial charge in [0.15, 0.2) is 12.7 Å². The lowest BCUT2D eigenvalue weighted by Crippen LogP contribution is -2.59. The highest BCUT2D eigenvalue weighted by Crippen LogP contribution is 2.41. The predicted octanol–water partition coefficient (Wildman–Crippen LogP) is 3.20. The number of likely N-dealkylation sites (N-methyl/N-ethyl adjacent to an activating group) is 1. The van der Waals surface area contributed by atoms with Crippen molar-refractivity contribution in [3.8, 4) is 5.75 Å². The fraction of sp³-hybridized carbons (Fsp3) is 0.462. The van der Waals surface area contributed by atoms with Crippen LogP contribution in [0.5, 0.6) is 5.75 Å². The molecule has 0 spiro atoms. The highest BCUT2D eigenvalue weighted by molar-refractivity contribution is 8.00. The van der Waals surface area contributed by atoms with Crippen LogP contribution in [0.4, 0.5) is 5.69 Å². The smallest absolute Gasteiger partial charge is 0.258 e. The third-order valence-electron chi connectivity index (χ3n) is 9.55. The van der Waals surface area contributed by atoms with Crippen LogP contribution in [0, 0.1) is 13.8 Å². The number of anilines is 1. The molecule has 1 heterocycles. The van der Waals surface area contributed by atoms with Gasteiger partial charge in [-0.1, -0.05) is 54.6 Å². The first kappa shape index (κ1) is 38.1. The minimum atomic E-state index is -1.65. The second-order valence-corrected chi connectivity index (χ2v) is 15.9. The average Bonchev–Trinajstić information content (AvgIpc) is 3.57. The number of fused-ring (bicyclic) bond motifs is 1. The maximum Gasteiger partial charge on any atom is 0.258 e. The number of hydrogen-bond donors (Lipinski definition) is 5. The van der Waals surface area contributed by atoms with E-state index in [1.54, 1.807) is 0 Å². The Bertz CT molecular complexity index is 1680. The lowest BCUT2D eigenvalue weighted by Gasteiger charge is -2.34. The normalized spacial score (nSPS) is 20.4. The van der Waals surface area contributed by atoms with Gasteiger partial charge in [-0.25, -0.2) is 0 Å². The molecule has 5 rings (SSSR count). The molecular weight excluding hydrogens is 667 g/mol. The second kappa shape index (κ2) is 16.5. The maximum absolute atomic E-state index is 14.1. The number of aryl methyl sites for hydroxylation is 2. The van der Waals surface area contributed by atoms with Gasteiger partial charge in [-0.3, -0.25) is 14.4 Å². The molecule has 1 aliphatic carbocycles. The Labute approximate surface area is 305 Å².